The molecule has 1 aromatic carbocycles. The van der Waals surface area contributed by atoms with Gasteiger partial charge in [-0.05, 0) is 36.4 Å². The maximum absolute atomic E-state index is 12.6. The summed E-state index contributed by atoms with van der Waals surface area (Å²) in [4.78, 5) is 38.0. The fourth-order valence-electron chi connectivity index (χ4n) is 2.82. The number of ether oxygens (including phenoxy) is 2. The van der Waals surface area contributed by atoms with Crippen LogP contribution in [0.3, 0.4) is 0 Å². The average molecular weight is 395 g/mol. The largest absolute Gasteiger partial charge is 0.478 e. The van der Waals surface area contributed by atoms with E-state index in [1.54, 1.807) is 36.7 Å². The van der Waals surface area contributed by atoms with Gasteiger partial charge in [0.1, 0.15) is 5.70 Å². The Morgan fingerprint density at radius 3 is 2.45 bits per heavy atom. The Labute approximate surface area is 165 Å². The van der Waals surface area contributed by atoms with Crippen LogP contribution >= 0.6 is 0 Å². The second-order valence-electron chi connectivity index (χ2n) is 5.77. The number of nitrogens with zero attached hydrogens (tertiary/aromatic N) is 3. The van der Waals surface area contributed by atoms with Crippen molar-refractivity contribution in [1.29, 1.82) is 0 Å². The number of aromatic nitrogens is 2. The normalized spacial score (nSPS) is 13.2. The monoisotopic (exact) mass is 395 g/mol. The van der Waals surface area contributed by atoms with Crippen molar-refractivity contribution in [3.05, 3.63) is 77.9 Å². The number of anilines is 1. The Kier molecular flexibility index (Phi) is 5.59. The lowest BCUT2D eigenvalue weighted by Gasteiger charge is -2.25. The lowest BCUT2D eigenvalue weighted by Crippen LogP contribution is -2.28. The molecular weight excluding hydrogens is 378 g/mol. The van der Waals surface area contributed by atoms with Crippen molar-refractivity contribution < 1.29 is 29.0 Å². The van der Waals surface area contributed by atoms with E-state index >= 15 is 0 Å². The number of esters is 2. The van der Waals surface area contributed by atoms with E-state index in [2.05, 4.69) is 5.10 Å². The molecule has 1 N–H and O–H groups in total. The summed E-state index contributed by atoms with van der Waals surface area (Å²) in [6, 6.07) is 6.25. The van der Waals surface area contributed by atoms with Gasteiger partial charge < -0.3 is 19.5 Å². The van der Waals surface area contributed by atoms with Gasteiger partial charge in [0.15, 0.2) is 0 Å². The van der Waals surface area contributed by atoms with Gasteiger partial charge in [-0.25, -0.2) is 19.1 Å². The van der Waals surface area contributed by atoms with Crippen molar-refractivity contribution in [2.45, 2.75) is 0 Å². The molecule has 0 aliphatic carbocycles. The topological polar surface area (TPSA) is 111 Å². The minimum absolute atomic E-state index is 0.0785. The molecule has 0 bridgehead atoms. The van der Waals surface area contributed by atoms with Gasteiger partial charge in [0.25, 0.3) is 0 Å². The molecule has 2 aromatic rings. The Hall–Kier alpha value is -4.14. The van der Waals surface area contributed by atoms with Crippen molar-refractivity contribution in [3.63, 3.8) is 0 Å². The highest BCUT2D eigenvalue weighted by Gasteiger charge is 2.29. The molecule has 0 unspecified atom stereocenters. The SMILES string of the molecule is COC(=O)C1=C(C(=O)OC)N(c2cc(-n3cccn3)ccc2C(=O)O)C=CC=C1. The van der Waals surface area contributed by atoms with Gasteiger partial charge in [-0.2, -0.15) is 5.10 Å². The summed E-state index contributed by atoms with van der Waals surface area (Å²) in [5.41, 5.74) is 0.365. The summed E-state index contributed by atoms with van der Waals surface area (Å²) < 4.78 is 11.2. The number of carbonyl (C=O) groups is 3. The van der Waals surface area contributed by atoms with Gasteiger partial charge in [0.2, 0.25) is 0 Å². The average Bonchev–Trinajstić information content (AvgIpc) is 3.18. The van der Waals surface area contributed by atoms with Crippen molar-refractivity contribution in [2.75, 3.05) is 19.1 Å². The molecule has 1 aliphatic rings. The van der Waals surface area contributed by atoms with Crippen LogP contribution in [0, 0.1) is 0 Å². The summed E-state index contributed by atoms with van der Waals surface area (Å²) in [7, 11) is 2.35. The molecule has 9 heteroatoms. The number of carboxylic acid groups (broad SMARTS) is 1. The summed E-state index contributed by atoms with van der Waals surface area (Å²) in [5.74, 6) is -2.81. The number of carbonyl (C=O) groups excluding carboxylic acids is 2. The zero-order valence-corrected chi connectivity index (χ0v) is 15.6. The van der Waals surface area contributed by atoms with E-state index in [1.165, 1.54) is 48.2 Å². The van der Waals surface area contributed by atoms with Crippen LogP contribution in [-0.2, 0) is 19.1 Å². The highest BCUT2D eigenvalue weighted by atomic mass is 16.5. The number of carboxylic acids is 1. The third kappa shape index (κ3) is 3.79. The van der Waals surface area contributed by atoms with Crippen LogP contribution < -0.4 is 4.90 Å². The van der Waals surface area contributed by atoms with E-state index in [0.717, 1.165) is 0 Å². The molecule has 1 aliphatic heterocycles. The maximum Gasteiger partial charge on any atom is 0.355 e. The number of rotatable bonds is 5. The molecule has 0 spiro atoms. The number of hydrogen-bond donors (Lipinski definition) is 1. The Bertz CT molecular complexity index is 1050. The lowest BCUT2D eigenvalue weighted by molar-refractivity contribution is -0.139. The zero-order chi connectivity index (χ0) is 21.0. The van der Waals surface area contributed by atoms with Gasteiger partial charge in [0, 0.05) is 18.6 Å². The highest BCUT2D eigenvalue weighted by molar-refractivity contribution is 6.07. The molecule has 0 atom stereocenters. The number of aromatic carboxylic acids is 1. The third-order valence-corrected chi connectivity index (χ3v) is 4.13. The first kappa shape index (κ1) is 19.6. The molecule has 0 saturated heterocycles. The standard InChI is InChI=1S/C20H17N3O6/c1-28-19(26)15-6-3-4-10-22(17(15)20(27)29-2)16-12-13(23-11-5-9-21-23)7-8-14(16)18(24)25/h3-12H,1-2H3,(H,24,25). The third-order valence-electron chi connectivity index (χ3n) is 4.13. The van der Waals surface area contributed by atoms with Gasteiger partial charge in [0.05, 0.1) is 36.7 Å². The van der Waals surface area contributed by atoms with E-state index in [9.17, 15) is 19.5 Å². The second-order valence-corrected chi connectivity index (χ2v) is 5.77. The van der Waals surface area contributed by atoms with Crippen LogP contribution in [0.5, 0.6) is 0 Å². The summed E-state index contributed by atoms with van der Waals surface area (Å²) in [6.45, 7) is 0. The first-order chi connectivity index (χ1) is 14.0. The Balaban J connectivity index is 2.28. The summed E-state index contributed by atoms with van der Waals surface area (Å²) >= 11 is 0. The van der Waals surface area contributed by atoms with E-state index in [-0.39, 0.29) is 22.5 Å². The Morgan fingerprint density at radius 2 is 1.83 bits per heavy atom. The van der Waals surface area contributed by atoms with Gasteiger partial charge in [-0.15, -0.1) is 0 Å². The summed E-state index contributed by atoms with van der Waals surface area (Å²) in [5, 5.41) is 13.8. The quantitative estimate of drug-likeness (QED) is 0.766. The predicted molar refractivity (Wildman–Crippen MR) is 102 cm³/mol. The molecule has 0 radical (unpaired) electrons. The fourth-order valence-corrected chi connectivity index (χ4v) is 2.82. The lowest BCUT2D eigenvalue weighted by atomic mass is 10.1. The molecule has 148 valence electrons. The van der Waals surface area contributed by atoms with Crippen molar-refractivity contribution in [3.8, 4) is 5.69 Å². The van der Waals surface area contributed by atoms with Crippen LogP contribution in [0.2, 0.25) is 0 Å². The summed E-state index contributed by atoms with van der Waals surface area (Å²) in [6.07, 6.45) is 9.23. The van der Waals surface area contributed by atoms with Gasteiger partial charge in [-0.3, -0.25) is 0 Å². The molecule has 0 fully saturated rings. The fraction of sp³-hybridized carbons (Fsp3) is 0.100. The van der Waals surface area contributed by atoms with Crippen LogP contribution in [-0.4, -0.2) is 47.0 Å². The molecule has 2 heterocycles. The molecule has 0 saturated carbocycles. The molecule has 29 heavy (non-hydrogen) atoms. The van der Waals surface area contributed by atoms with Crippen LogP contribution in [0.1, 0.15) is 10.4 Å². The van der Waals surface area contributed by atoms with Gasteiger partial charge >= 0.3 is 17.9 Å². The van der Waals surface area contributed by atoms with Crippen molar-refractivity contribution >= 4 is 23.6 Å². The number of allylic oxidation sites excluding steroid dienone is 2. The first-order valence-electron chi connectivity index (χ1n) is 8.40. The van der Waals surface area contributed by atoms with E-state index < -0.39 is 17.9 Å². The first-order valence-corrected chi connectivity index (χ1v) is 8.40. The predicted octanol–water partition coefficient (Wildman–Crippen LogP) is 2.06. The maximum atomic E-state index is 12.6. The van der Waals surface area contributed by atoms with Crippen LogP contribution in [0.25, 0.3) is 5.69 Å². The van der Waals surface area contributed by atoms with Crippen LogP contribution in [0.15, 0.2) is 72.4 Å². The molecular formula is C20H17N3O6. The molecule has 1 aromatic heterocycles. The van der Waals surface area contributed by atoms with E-state index in [4.69, 9.17) is 9.47 Å². The van der Waals surface area contributed by atoms with Gasteiger partial charge in [-0.1, -0.05) is 6.08 Å². The molecule has 3 rings (SSSR count). The molecule has 0 amide bonds. The van der Waals surface area contributed by atoms with E-state index in [0.29, 0.717) is 5.69 Å². The highest BCUT2D eigenvalue weighted by Crippen LogP contribution is 2.31. The number of methoxy groups -OCH3 is 2. The van der Waals surface area contributed by atoms with Crippen LogP contribution in [0.4, 0.5) is 5.69 Å². The van der Waals surface area contributed by atoms with E-state index in [1.807, 2.05) is 0 Å². The molecule has 9 nitrogen and oxygen atoms in total. The minimum Gasteiger partial charge on any atom is -0.478 e. The van der Waals surface area contributed by atoms with Crippen molar-refractivity contribution in [1.82, 2.24) is 9.78 Å². The smallest absolute Gasteiger partial charge is 0.355 e. The zero-order valence-electron chi connectivity index (χ0n) is 15.6. The Morgan fingerprint density at radius 1 is 1.07 bits per heavy atom. The number of hydrogen-bond acceptors (Lipinski definition) is 7. The van der Waals surface area contributed by atoms with Crippen molar-refractivity contribution in [2.24, 2.45) is 0 Å². The minimum atomic E-state index is -1.21. The second kappa shape index (κ2) is 8.26. The number of benzene rings is 1.